The molecule has 2 aromatic rings. The summed E-state index contributed by atoms with van der Waals surface area (Å²) in [4.78, 5) is 16.6. The van der Waals surface area contributed by atoms with Gasteiger partial charge in [-0.15, -0.1) is 0 Å². The van der Waals surface area contributed by atoms with Gasteiger partial charge in [0.15, 0.2) is 18.2 Å². The minimum atomic E-state index is -0.483. The maximum absolute atomic E-state index is 13.8. The van der Waals surface area contributed by atoms with Crippen molar-refractivity contribution in [3.63, 3.8) is 0 Å². The van der Waals surface area contributed by atoms with E-state index < -0.39 is 5.82 Å². The molecular weight excluding hydrogens is 427 g/mol. The van der Waals surface area contributed by atoms with Gasteiger partial charge in [-0.3, -0.25) is 9.69 Å². The van der Waals surface area contributed by atoms with Gasteiger partial charge in [-0.25, -0.2) is 4.39 Å². The highest BCUT2D eigenvalue weighted by atomic mass is 79.9. The fraction of sp³-hybridized carbons (Fsp3) is 0.381. The SMILES string of the molecule is COc1ccc(CN2CCCN(C(=O)COc3ccc(Br)cc3F)CC2)cc1. The van der Waals surface area contributed by atoms with Crippen LogP contribution in [-0.2, 0) is 11.3 Å². The van der Waals surface area contributed by atoms with Gasteiger partial charge >= 0.3 is 0 Å². The lowest BCUT2D eigenvalue weighted by molar-refractivity contribution is -0.133. The molecule has 150 valence electrons. The zero-order valence-corrected chi connectivity index (χ0v) is 17.5. The number of benzene rings is 2. The molecule has 1 aliphatic heterocycles. The summed E-state index contributed by atoms with van der Waals surface area (Å²) in [6.45, 7) is 3.73. The Bertz CT molecular complexity index is 801. The first-order chi connectivity index (χ1) is 13.5. The predicted octanol–water partition coefficient (Wildman–Crippen LogP) is 3.71. The van der Waals surface area contributed by atoms with E-state index in [4.69, 9.17) is 9.47 Å². The van der Waals surface area contributed by atoms with E-state index in [2.05, 4.69) is 33.0 Å². The number of carbonyl (C=O) groups excluding carboxylic acids is 1. The van der Waals surface area contributed by atoms with Gasteiger partial charge in [0.1, 0.15) is 5.75 Å². The van der Waals surface area contributed by atoms with Crippen LogP contribution in [0.15, 0.2) is 46.9 Å². The molecule has 7 heteroatoms. The van der Waals surface area contributed by atoms with Gasteiger partial charge in [0, 0.05) is 37.2 Å². The summed E-state index contributed by atoms with van der Waals surface area (Å²) in [5, 5.41) is 0. The average Bonchev–Trinajstić information content (AvgIpc) is 2.93. The Balaban J connectivity index is 1.48. The van der Waals surface area contributed by atoms with Gasteiger partial charge in [0.2, 0.25) is 0 Å². The highest BCUT2D eigenvalue weighted by molar-refractivity contribution is 9.10. The zero-order chi connectivity index (χ0) is 19.9. The summed E-state index contributed by atoms with van der Waals surface area (Å²) in [6.07, 6.45) is 0.897. The highest BCUT2D eigenvalue weighted by Gasteiger charge is 2.20. The molecule has 0 radical (unpaired) electrons. The van der Waals surface area contributed by atoms with Gasteiger partial charge in [-0.2, -0.15) is 0 Å². The second kappa shape index (κ2) is 9.89. The summed E-state index contributed by atoms with van der Waals surface area (Å²) in [7, 11) is 1.66. The summed E-state index contributed by atoms with van der Waals surface area (Å²) in [5.74, 6) is 0.337. The second-order valence-electron chi connectivity index (χ2n) is 6.72. The van der Waals surface area contributed by atoms with Crippen LogP contribution in [0.4, 0.5) is 4.39 Å². The second-order valence-corrected chi connectivity index (χ2v) is 7.64. The third-order valence-electron chi connectivity index (χ3n) is 4.75. The fourth-order valence-electron chi connectivity index (χ4n) is 3.19. The van der Waals surface area contributed by atoms with Crippen molar-refractivity contribution in [2.45, 2.75) is 13.0 Å². The Morgan fingerprint density at radius 1 is 1.11 bits per heavy atom. The normalized spacial score (nSPS) is 15.2. The Labute approximate surface area is 173 Å². The quantitative estimate of drug-likeness (QED) is 0.672. The number of methoxy groups -OCH3 is 1. The van der Waals surface area contributed by atoms with Crippen LogP contribution in [0.1, 0.15) is 12.0 Å². The largest absolute Gasteiger partial charge is 0.497 e. The van der Waals surface area contributed by atoms with Crippen LogP contribution < -0.4 is 9.47 Å². The molecule has 1 fully saturated rings. The number of hydrogen-bond donors (Lipinski definition) is 0. The monoisotopic (exact) mass is 450 g/mol. The molecule has 0 aromatic heterocycles. The minimum absolute atomic E-state index is 0.0903. The van der Waals surface area contributed by atoms with Crippen LogP contribution in [0.3, 0.4) is 0 Å². The standard InChI is InChI=1S/C21H24BrFN2O3/c1-27-18-6-3-16(4-7-18)14-24-9-2-10-25(12-11-24)21(26)15-28-20-8-5-17(22)13-19(20)23/h3-8,13H,2,9-12,14-15H2,1H3. The molecule has 1 amide bonds. The van der Waals surface area contributed by atoms with E-state index in [1.165, 1.54) is 17.7 Å². The van der Waals surface area contributed by atoms with Crippen molar-refractivity contribution in [1.29, 1.82) is 0 Å². The first-order valence-electron chi connectivity index (χ1n) is 9.26. The highest BCUT2D eigenvalue weighted by Crippen LogP contribution is 2.21. The predicted molar refractivity (Wildman–Crippen MR) is 109 cm³/mol. The lowest BCUT2D eigenvalue weighted by atomic mass is 10.2. The zero-order valence-electron chi connectivity index (χ0n) is 15.9. The molecule has 3 rings (SSSR count). The lowest BCUT2D eigenvalue weighted by Gasteiger charge is -2.22. The van der Waals surface area contributed by atoms with Gasteiger partial charge in [-0.05, 0) is 42.3 Å². The molecule has 0 unspecified atom stereocenters. The smallest absolute Gasteiger partial charge is 0.260 e. The van der Waals surface area contributed by atoms with Crippen LogP contribution >= 0.6 is 15.9 Å². The molecule has 0 saturated carbocycles. The van der Waals surface area contributed by atoms with E-state index >= 15 is 0 Å². The topological polar surface area (TPSA) is 42.0 Å². The van der Waals surface area contributed by atoms with Gasteiger partial charge in [0.05, 0.1) is 7.11 Å². The molecule has 2 aromatic carbocycles. The molecule has 0 atom stereocenters. The third kappa shape index (κ3) is 5.69. The van der Waals surface area contributed by atoms with Crippen molar-refractivity contribution in [3.05, 3.63) is 58.3 Å². The number of nitrogens with zero attached hydrogens (tertiary/aromatic N) is 2. The molecule has 5 nitrogen and oxygen atoms in total. The summed E-state index contributed by atoms with van der Waals surface area (Å²) < 4.78 is 25.0. The number of hydrogen-bond acceptors (Lipinski definition) is 4. The summed E-state index contributed by atoms with van der Waals surface area (Å²) >= 11 is 3.20. The van der Waals surface area contributed by atoms with Gasteiger partial charge in [-0.1, -0.05) is 28.1 Å². The van der Waals surface area contributed by atoms with Crippen LogP contribution in [0.25, 0.3) is 0 Å². The maximum Gasteiger partial charge on any atom is 0.260 e. The van der Waals surface area contributed by atoms with Crippen LogP contribution in [0.2, 0.25) is 0 Å². The van der Waals surface area contributed by atoms with Gasteiger partial charge in [0.25, 0.3) is 5.91 Å². The van der Waals surface area contributed by atoms with Crippen molar-refractivity contribution in [3.8, 4) is 11.5 Å². The Morgan fingerprint density at radius 2 is 1.89 bits per heavy atom. The van der Waals surface area contributed by atoms with Crippen LogP contribution in [-0.4, -0.2) is 55.6 Å². The first kappa shape index (κ1) is 20.6. The van der Waals surface area contributed by atoms with E-state index in [0.717, 1.165) is 31.8 Å². The Morgan fingerprint density at radius 3 is 2.61 bits per heavy atom. The van der Waals surface area contributed by atoms with E-state index in [-0.39, 0.29) is 18.3 Å². The molecule has 0 spiro atoms. The number of ether oxygens (including phenoxy) is 2. The van der Waals surface area contributed by atoms with Gasteiger partial charge < -0.3 is 14.4 Å². The third-order valence-corrected chi connectivity index (χ3v) is 5.24. The van der Waals surface area contributed by atoms with Crippen molar-refractivity contribution in [2.75, 3.05) is 39.9 Å². The lowest BCUT2D eigenvalue weighted by Crippen LogP contribution is -2.38. The molecule has 0 aliphatic carbocycles. The number of halogens is 2. The van der Waals surface area contributed by atoms with Crippen LogP contribution in [0, 0.1) is 5.82 Å². The number of carbonyl (C=O) groups is 1. The molecular formula is C21H24BrFN2O3. The molecule has 0 N–H and O–H groups in total. The Kier molecular flexibility index (Phi) is 7.28. The Hall–Kier alpha value is -2.12. The first-order valence-corrected chi connectivity index (χ1v) is 10.1. The molecule has 0 bridgehead atoms. The van der Waals surface area contributed by atoms with Crippen molar-refractivity contribution < 1.29 is 18.7 Å². The fourth-order valence-corrected chi connectivity index (χ4v) is 3.52. The molecule has 1 aliphatic rings. The minimum Gasteiger partial charge on any atom is -0.497 e. The van der Waals surface area contributed by atoms with E-state index in [9.17, 15) is 9.18 Å². The summed E-state index contributed by atoms with van der Waals surface area (Å²) in [6, 6.07) is 12.6. The van der Waals surface area contributed by atoms with Crippen LogP contribution in [0.5, 0.6) is 11.5 Å². The average molecular weight is 451 g/mol. The number of rotatable bonds is 6. The summed E-state index contributed by atoms with van der Waals surface area (Å²) in [5.41, 5.74) is 1.22. The number of amides is 1. The van der Waals surface area contributed by atoms with Crippen molar-refractivity contribution in [2.24, 2.45) is 0 Å². The van der Waals surface area contributed by atoms with E-state index in [1.54, 1.807) is 18.1 Å². The molecule has 1 saturated heterocycles. The van der Waals surface area contributed by atoms with Crippen molar-refractivity contribution in [1.82, 2.24) is 9.80 Å². The van der Waals surface area contributed by atoms with Crippen molar-refractivity contribution >= 4 is 21.8 Å². The molecule has 1 heterocycles. The van der Waals surface area contributed by atoms with E-state index in [1.807, 2.05) is 12.1 Å². The van der Waals surface area contributed by atoms with E-state index in [0.29, 0.717) is 17.6 Å². The maximum atomic E-state index is 13.8. The molecule has 28 heavy (non-hydrogen) atoms.